The van der Waals surface area contributed by atoms with Gasteiger partial charge in [-0.15, -0.1) is 0 Å². The van der Waals surface area contributed by atoms with Gasteiger partial charge in [-0.1, -0.05) is 0 Å². The largest absolute Gasteiger partial charge is 0.481 e. The molecule has 0 bridgehead atoms. The molecule has 7 nitrogen and oxygen atoms in total. The number of carboxylic acid groups (broad SMARTS) is 1. The number of urea groups is 1. The minimum absolute atomic E-state index is 0.00785. The topological polar surface area (TPSA) is 90.0 Å². The molecule has 1 fully saturated rings. The molecule has 0 aromatic rings. The highest BCUT2D eigenvalue weighted by atomic mass is 16.4. The molecular weight excluding hydrogens is 250 g/mol. The number of likely N-dealkylation sites (N-methyl/N-ethyl adjacent to an activating group) is 2. The molecule has 0 unspecified atom stereocenters. The maximum atomic E-state index is 11.8. The van der Waals surface area contributed by atoms with Crippen LogP contribution in [0.4, 0.5) is 4.79 Å². The Labute approximate surface area is 112 Å². The Kier molecular flexibility index (Phi) is 5.14. The van der Waals surface area contributed by atoms with E-state index in [0.29, 0.717) is 19.3 Å². The third kappa shape index (κ3) is 4.42. The zero-order chi connectivity index (χ0) is 14.6. The van der Waals surface area contributed by atoms with Gasteiger partial charge in [0.05, 0.1) is 5.92 Å². The van der Waals surface area contributed by atoms with Gasteiger partial charge in [0, 0.05) is 27.2 Å². The first kappa shape index (κ1) is 15.3. The van der Waals surface area contributed by atoms with Crippen molar-refractivity contribution in [2.24, 2.45) is 5.92 Å². The van der Waals surface area contributed by atoms with Crippen LogP contribution in [0.25, 0.3) is 0 Å². The van der Waals surface area contributed by atoms with Crippen LogP contribution < -0.4 is 5.32 Å². The summed E-state index contributed by atoms with van der Waals surface area (Å²) in [5.41, 5.74) is 0. The Bertz CT molecular complexity index is 370. The van der Waals surface area contributed by atoms with E-state index in [1.165, 1.54) is 9.80 Å². The van der Waals surface area contributed by atoms with Crippen LogP contribution in [-0.4, -0.2) is 66.5 Å². The highest BCUT2D eigenvalue weighted by molar-refractivity contribution is 5.83. The van der Waals surface area contributed by atoms with Crippen LogP contribution in [0, 0.1) is 5.92 Å². The number of amides is 3. The van der Waals surface area contributed by atoms with Crippen molar-refractivity contribution in [1.82, 2.24) is 15.1 Å². The monoisotopic (exact) mass is 271 g/mol. The van der Waals surface area contributed by atoms with Crippen molar-refractivity contribution in [2.45, 2.75) is 25.3 Å². The smallest absolute Gasteiger partial charge is 0.317 e. The molecule has 19 heavy (non-hydrogen) atoms. The number of carbonyl (C=O) groups excluding carboxylic acids is 2. The van der Waals surface area contributed by atoms with E-state index in [2.05, 4.69) is 5.32 Å². The lowest BCUT2D eigenvalue weighted by molar-refractivity contribution is -0.141. The molecule has 0 radical (unpaired) electrons. The molecule has 1 aliphatic rings. The van der Waals surface area contributed by atoms with Gasteiger partial charge in [-0.3, -0.25) is 9.59 Å². The SMILES string of the molecule is CN(C)C(=O)CN(C)C(=O)N[C@H]1CC[C@@H](C(=O)O)C1. The maximum absolute atomic E-state index is 11.8. The Hall–Kier alpha value is -1.79. The number of carbonyl (C=O) groups is 3. The van der Waals surface area contributed by atoms with E-state index in [0.717, 1.165) is 0 Å². The summed E-state index contributed by atoms with van der Waals surface area (Å²) < 4.78 is 0. The van der Waals surface area contributed by atoms with Crippen molar-refractivity contribution in [3.8, 4) is 0 Å². The zero-order valence-electron chi connectivity index (χ0n) is 11.5. The summed E-state index contributed by atoms with van der Waals surface area (Å²) in [4.78, 5) is 36.8. The highest BCUT2D eigenvalue weighted by Crippen LogP contribution is 2.25. The predicted molar refractivity (Wildman–Crippen MR) is 68.6 cm³/mol. The predicted octanol–water partition coefficient (Wildman–Crippen LogP) is -0.0307. The Morgan fingerprint density at radius 3 is 2.32 bits per heavy atom. The fourth-order valence-electron chi connectivity index (χ4n) is 2.04. The van der Waals surface area contributed by atoms with Crippen LogP contribution in [0.3, 0.4) is 0 Å². The summed E-state index contributed by atoms with van der Waals surface area (Å²) in [7, 11) is 4.80. The molecular formula is C12H21N3O4. The first-order valence-electron chi connectivity index (χ1n) is 6.25. The van der Waals surface area contributed by atoms with Crippen LogP contribution in [0.1, 0.15) is 19.3 Å². The van der Waals surface area contributed by atoms with Crippen LogP contribution in [-0.2, 0) is 9.59 Å². The standard InChI is InChI=1S/C12H21N3O4/c1-14(2)10(16)7-15(3)12(19)13-9-5-4-8(6-9)11(17)18/h8-9H,4-7H2,1-3H3,(H,13,19)(H,17,18)/t8-,9+/m1/s1. The van der Waals surface area contributed by atoms with E-state index >= 15 is 0 Å². The quantitative estimate of drug-likeness (QED) is 0.751. The number of hydrogen-bond acceptors (Lipinski definition) is 3. The summed E-state index contributed by atoms with van der Waals surface area (Å²) in [6, 6.07) is -0.461. The van der Waals surface area contributed by atoms with Gasteiger partial charge >= 0.3 is 12.0 Å². The lowest BCUT2D eigenvalue weighted by Crippen LogP contribution is -2.46. The normalized spacial score (nSPS) is 21.8. The van der Waals surface area contributed by atoms with Gasteiger partial charge < -0.3 is 20.2 Å². The molecule has 0 saturated heterocycles. The van der Waals surface area contributed by atoms with Gasteiger partial charge in [0.25, 0.3) is 0 Å². The first-order valence-corrected chi connectivity index (χ1v) is 6.25. The molecule has 7 heteroatoms. The van der Waals surface area contributed by atoms with E-state index in [1.54, 1.807) is 21.1 Å². The second-order valence-corrected chi connectivity index (χ2v) is 5.14. The summed E-state index contributed by atoms with van der Waals surface area (Å²) >= 11 is 0. The minimum Gasteiger partial charge on any atom is -0.481 e. The molecule has 1 aliphatic carbocycles. The zero-order valence-corrected chi connectivity index (χ0v) is 11.5. The number of aliphatic carboxylic acids is 1. The average molecular weight is 271 g/mol. The Morgan fingerprint density at radius 2 is 1.84 bits per heavy atom. The lowest BCUT2D eigenvalue weighted by Gasteiger charge is -2.22. The van der Waals surface area contributed by atoms with Gasteiger partial charge in [-0.05, 0) is 19.3 Å². The molecule has 108 valence electrons. The first-order chi connectivity index (χ1) is 8.81. The van der Waals surface area contributed by atoms with Crippen LogP contribution in [0.5, 0.6) is 0 Å². The highest BCUT2D eigenvalue weighted by Gasteiger charge is 2.31. The number of nitrogens with zero attached hydrogens (tertiary/aromatic N) is 2. The molecule has 1 saturated carbocycles. The van der Waals surface area contributed by atoms with E-state index < -0.39 is 5.97 Å². The molecule has 1 rings (SSSR count). The van der Waals surface area contributed by atoms with Crippen molar-refractivity contribution in [2.75, 3.05) is 27.7 Å². The number of nitrogens with one attached hydrogen (secondary N) is 1. The lowest BCUT2D eigenvalue weighted by atomic mass is 10.1. The molecule has 0 aromatic carbocycles. The fraction of sp³-hybridized carbons (Fsp3) is 0.750. The Morgan fingerprint density at radius 1 is 1.21 bits per heavy atom. The van der Waals surface area contributed by atoms with Crippen molar-refractivity contribution >= 4 is 17.9 Å². The van der Waals surface area contributed by atoms with Gasteiger partial charge in [0.15, 0.2) is 0 Å². The van der Waals surface area contributed by atoms with Gasteiger partial charge in [-0.25, -0.2) is 4.79 Å². The van der Waals surface area contributed by atoms with E-state index in [-0.39, 0.29) is 30.4 Å². The van der Waals surface area contributed by atoms with Crippen molar-refractivity contribution in [3.05, 3.63) is 0 Å². The molecule has 3 amide bonds. The summed E-state index contributed by atoms with van der Waals surface area (Å²) in [6.07, 6.45) is 1.70. The number of carboxylic acids is 1. The molecule has 0 aromatic heterocycles. The van der Waals surface area contributed by atoms with Crippen molar-refractivity contribution in [1.29, 1.82) is 0 Å². The van der Waals surface area contributed by atoms with Gasteiger partial charge in [-0.2, -0.15) is 0 Å². The van der Waals surface area contributed by atoms with Crippen LogP contribution in [0.2, 0.25) is 0 Å². The van der Waals surface area contributed by atoms with Crippen LogP contribution >= 0.6 is 0 Å². The summed E-state index contributed by atoms with van der Waals surface area (Å²) in [5.74, 6) is -1.35. The van der Waals surface area contributed by atoms with Gasteiger partial charge in [0.2, 0.25) is 5.91 Å². The fourth-order valence-corrected chi connectivity index (χ4v) is 2.04. The Balaban J connectivity index is 2.39. The van der Waals surface area contributed by atoms with Crippen molar-refractivity contribution in [3.63, 3.8) is 0 Å². The molecule has 0 aliphatic heterocycles. The molecule has 2 atom stereocenters. The second-order valence-electron chi connectivity index (χ2n) is 5.14. The summed E-state index contributed by atoms with van der Waals surface area (Å²) in [6.45, 7) is 0.00785. The molecule has 2 N–H and O–H groups in total. The van der Waals surface area contributed by atoms with E-state index in [1.807, 2.05) is 0 Å². The minimum atomic E-state index is -0.812. The third-order valence-electron chi connectivity index (χ3n) is 3.33. The van der Waals surface area contributed by atoms with Crippen molar-refractivity contribution < 1.29 is 19.5 Å². The number of rotatable bonds is 4. The maximum Gasteiger partial charge on any atom is 0.317 e. The molecule has 0 heterocycles. The number of hydrogen-bond donors (Lipinski definition) is 2. The van der Waals surface area contributed by atoms with E-state index in [4.69, 9.17) is 5.11 Å². The van der Waals surface area contributed by atoms with Crippen LogP contribution in [0.15, 0.2) is 0 Å². The van der Waals surface area contributed by atoms with E-state index in [9.17, 15) is 14.4 Å². The third-order valence-corrected chi connectivity index (χ3v) is 3.33. The average Bonchev–Trinajstić information content (AvgIpc) is 2.77. The second kappa shape index (κ2) is 6.40. The summed E-state index contributed by atoms with van der Waals surface area (Å²) in [5, 5.41) is 11.6. The van der Waals surface area contributed by atoms with Gasteiger partial charge in [0.1, 0.15) is 6.54 Å². The molecule has 0 spiro atoms.